The van der Waals surface area contributed by atoms with Crippen LogP contribution in [0.3, 0.4) is 0 Å². The lowest BCUT2D eigenvalue weighted by Crippen LogP contribution is -2.33. The van der Waals surface area contributed by atoms with E-state index in [4.69, 9.17) is 5.11 Å². The Morgan fingerprint density at radius 1 is 1.39 bits per heavy atom. The van der Waals surface area contributed by atoms with Gasteiger partial charge in [0, 0.05) is 16.3 Å². The molecule has 5 heteroatoms. The monoisotopic (exact) mass is 267 g/mol. The van der Waals surface area contributed by atoms with E-state index in [1.54, 1.807) is 11.3 Å². The molecule has 0 radical (unpaired) electrons. The van der Waals surface area contributed by atoms with Gasteiger partial charge in [0.05, 0.1) is 11.5 Å². The minimum Gasteiger partial charge on any atom is -0.481 e. The molecule has 18 heavy (non-hydrogen) atoms. The lowest BCUT2D eigenvalue weighted by molar-refractivity contribution is -0.141. The van der Waals surface area contributed by atoms with Gasteiger partial charge in [-0.1, -0.05) is 0 Å². The van der Waals surface area contributed by atoms with Crippen molar-refractivity contribution in [2.45, 2.75) is 39.2 Å². The van der Waals surface area contributed by atoms with E-state index in [9.17, 15) is 9.59 Å². The molecule has 2 rings (SSSR count). The third-order valence-corrected chi connectivity index (χ3v) is 4.66. The second-order valence-corrected chi connectivity index (χ2v) is 5.93. The van der Waals surface area contributed by atoms with Crippen molar-refractivity contribution in [3.8, 4) is 0 Å². The predicted molar refractivity (Wildman–Crippen MR) is 70.0 cm³/mol. The fourth-order valence-electron chi connectivity index (χ4n) is 2.34. The molecule has 0 aliphatic heterocycles. The zero-order valence-corrected chi connectivity index (χ0v) is 11.3. The van der Waals surface area contributed by atoms with Crippen LogP contribution in [0.2, 0.25) is 0 Å². The summed E-state index contributed by atoms with van der Waals surface area (Å²) in [5, 5.41) is 13.7. The lowest BCUT2D eigenvalue weighted by atomic mass is 10.1. The predicted octanol–water partition coefficient (Wildman–Crippen LogP) is 2.35. The molecule has 98 valence electrons. The Hall–Kier alpha value is -1.36. The van der Waals surface area contributed by atoms with Gasteiger partial charge in [-0.05, 0) is 38.7 Å². The molecular weight excluding hydrogens is 250 g/mol. The highest BCUT2D eigenvalue weighted by molar-refractivity contribution is 7.10. The summed E-state index contributed by atoms with van der Waals surface area (Å²) in [4.78, 5) is 24.1. The number of aliphatic carboxylic acids is 1. The van der Waals surface area contributed by atoms with Gasteiger partial charge < -0.3 is 10.4 Å². The van der Waals surface area contributed by atoms with Gasteiger partial charge in [0.1, 0.15) is 0 Å². The Balaban J connectivity index is 1.97. The Labute approximate surface area is 110 Å². The average Bonchev–Trinajstić information content (AvgIpc) is 2.88. The fraction of sp³-hybridized carbons (Fsp3) is 0.538. The third-order valence-electron chi connectivity index (χ3n) is 3.65. The summed E-state index contributed by atoms with van der Waals surface area (Å²) in [6.45, 7) is 3.93. The maximum absolute atomic E-state index is 12.1. The largest absolute Gasteiger partial charge is 0.481 e. The van der Waals surface area contributed by atoms with E-state index >= 15 is 0 Å². The number of nitrogens with one attached hydrogen (secondary N) is 1. The molecule has 1 saturated carbocycles. The van der Waals surface area contributed by atoms with Crippen LogP contribution < -0.4 is 5.32 Å². The first-order valence-corrected chi connectivity index (χ1v) is 6.95. The first-order valence-electron chi connectivity index (χ1n) is 6.07. The molecule has 2 N–H and O–H groups in total. The molecule has 1 amide bonds. The van der Waals surface area contributed by atoms with E-state index in [1.807, 2.05) is 19.2 Å². The molecule has 1 aliphatic rings. The zero-order valence-electron chi connectivity index (χ0n) is 10.5. The summed E-state index contributed by atoms with van der Waals surface area (Å²) < 4.78 is 0. The van der Waals surface area contributed by atoms with Crippen LogP contribution in [0.25, 0.3) is 0 Å². The van der Waals surface area contributed by atoms with E-state index in [1.165, 1.54) is 0 Å². The van der Waals surface area contributed by atoms with Crippen LogP contribution in [-0.4, -0.2) is 23.0 Å². The summed E-state index contributed by atoms with van der Waals surface area (Å²) in [5.74, 6) is -1.14. The Kier molecular flexibility index (Phi) is 3.71. The fourth-order valence-corrected chi connectivity index (χ4v) is 3.20. The normalized spacial score (nSPS) is 23.0. The van der Waals surface area contributed by atoms with Crippen LogP contribution in [0.1, 0.15) is 40.1 Å². The van der Waals surface area contributed by atoms with Crippen molar-refractivity contribution in [3.63, 3.8) is 0 Å². The Morgan fingerprint density at radius 3 is 2.61 bits per heavy atom. The van der Waals surface area contributed by atoms with E-state index in [0.717, 1.165) is 22.4 Å². The topological polar surface area (TPSA) is 66.4 Å². The first-order chi connectivity index (χ1) is 8.49. The van der Waals surface area contributed by atoms with Crippen LogP contribution >= 0.6 is 11.3 Å². The third kappa shape index (κ3) is 2.56. The molecule has 1 aromatic heterocycles. The van der Waals surface area contributed by atoms with Crippen molar-refractivity contribution >= 4 is 23.2 Å². The maximum Gasteiger partial charge on any atom is 0.306 e. The zero-order chi connectivity index (χ0) is 13.3. The number of aryl methyl sites for hydroxylation is 1. The van der Waals surface area contributed by atoms with Gasteiger partial charge in [-0.2, -0.15) is 0 Å². The van der Waals surface area contributed by atoms with Gasteiger partial charge >= 0.3 is 5.97 Å². The van der Waals surface area contributed by atoms with Crippen molar-refractivity contribution in [1.82, 2.24) is 5.32 Å². The average molecular weight is 267 g/mol. The maximum atomic E-state index is 12.1. The van der Waals surface area contributed by atoms with E-state index in [2.05, 4.69) is 5.32 Å². The van der Waals surface area contributed by atoms with Crippen molar-refractivity contribution in [2.24, 2.45) is 5.92 Å². The van der Waals surface area contributed by atoms with Gasteiger partial charge in [0.15, 0.2) is 0 Å². The summed E-state index contributed by atoms with van der Waals surface area (Å²) in [5.41, 5.74) is 1.74. The highest BCUT2D eigenvalue weighted by Crippen LogP contribution is 2.27. The number of thiophene rings is 1. The number of carboxylic acid groups (broad SMARTS) is 1. The van der Waals surface area contributed by atoms with Crippen LogP contribution in [0.5, 0.6) is 0 Å². The number of carbonyl (C=O) groups is 2. The van der Waals surface area contributed by atoms with Gasteiger partial charge in [-0.25, -0.2) is 0 Å². The van der Waals surface area contributed by atoms with Crippen LogP contribution in [-0.2, 0) is 4.79 Å². The number of hydrogen-bond acceptors (Lipinski definition) is 3. The molecule has 1 aromatic rings. The number of carbonyl (C=O) groups excluding carboxylic acids is 1. The van der Waals surface area contributed by atoms with E-state index < -0.39 is 5.97 Å². The summed E-state index contributed by atoms with van der Waals surface area (Å²) in [6, 6.07) is -0.00166. The van der Waals surface area contributed by atoms with Crippen molar-refractivity contribution < 1.29 is 14.7 Å². The van der Waals surface area contributed by atoms with Crippen LogP contribution in [0.15, 0.2) is 5.38 Å². The van der Waals surface area contributed by atoms with Crippen LogP contribution in [0.4, 0.5) is 0 Å². The minimum atomic E-state index is -0.755. The molecule has 0 aromatic carbocycles. The van der Waals surface area contributed by atoms with E-state index in [0.29, 0.717) is 12.8 Å². The molecule has 1 fully saturated rings. The second kappa shape index (κ2) is 5.10. The molecule has 0 spiro atoms. The standard InChI is InChI=1S/C13H17NO3S/c1-7-8(2)18-6-11(7)12(15)14-10-4-3-9(5-10)13(16)17/h6,9-10H,3-5H2,1-2H3,(H,14,15)(H,16,17)/t9-,10+/m0/s1. The molecule has 1 aliphatic carbocycles. The minimum absolute atomic E-state index is 0.00166. The number of hydrogen-bond donors (Lipinski definition) is 2. The SMILES string of the molecule is Cc1scc(C(=O)N[C@@H]2CC[C@H](C(=O)O)C2)c1C. The van der Waals surface area contributed by atoms with Crippen molar-refractivity contribution in [2.75, 3.05) is 0 Å². The summed E-state index contributed by atoms with van der Waals surface area (Å²) in [7, 11) is 0. The summed E-state index contributed by atoms with van der Waals surface area (Å²) in [6.07, 6.45) is 1.95. The lowest BCUT2D eigenvalue weighted by Gasteiger charge is -2.12. The highest BCUT2D eigenvalue weighted by Gasteiger charge is 2.30. The first kappa shape index (κ1) is 13.1. The number of rotatable bonds is 3. The van der Waals surface area contributed by atoms with Gasteiger partial charge in [-0.3, -0.25) is 9.59 Å². The Morgan fingerprint density at radius 2 is 2.11 bits per heavy atom. The van der Waals surface area contributed by atoms with Gasteiger partial charge in [0.25, 0.3) is 5.91 Å². The number of carboxylic acids is 1. The molecule has 0 saturated heterocycles. The molecular formula is C13H17NO3S. The Bertz CT molecular complexity index is 481. The molecule has 2 atom stereocenters. The molecule has 0 unspecified atom stereocenters. The quantitative estimate of drug-likeness (QED) is 0.883. The summed E-state index contributed by atoms with van der Waals surface area (Å²) >= 11 is 1.57. The smallest absolute Gasteiger partial charge is 0.306 e. The van der Waals surface area contributed by atoms with Gasteiger partial charge in [-0.15, -0.1) is 11.3 Å². The van der Waals surface area contributed by atoms with Gasteiger partial charge in [0.2, 0.25) is 0 Å². The van der Waals surface area contributed by atoms with Crippen LogP contribution in [0, 0.1) is 19.8 Å². The number of amides is 1. The molecule has 1 heterocycles. The second-order valence-electron chi connectivity index (χ2n) is 4.85. The van der Waals surface area contributed by atoms with E-state index in [-0.39, 0.29) is 17.9 Å². The van der Waals surface area contributed by atoms with Crippen molar-refractivity contribution in [3.05, 3.63) is 21.4 Å². The highest BCUT2D eigenvalue weighted by atomic mass is 32.1. The molecule has 0 bridgehead atoms. The molecule has 4 nitrogen and oxygen atoms in total. The van der Waals surface area contributed by atoms with Crippen molar-refractivity contribution in [1.29, 1.82) is 0 Å².